The molecule has 2 N–H and O–H groups in total. The van der Waals surface area contributed by atoms with E-state index < -0.39 is 0 Å². The van der Waals surface area contributed by atoms with Gasteiger partial charge in [-0.3, -0.25) is 4.79 Å². The zero-order valence-corrected chi connectivity index (χ0v) is 14.8. The molecule has 0 aromatic heterocycles. The van der Waals surface area contributed by atoms with Gasteiger partial charge in [0.1, 0.15) is 11.4 Å². The molecule has 134 valence electrons. The van der Waals surface area contributed by atoms with Gasteiger partial charge in [-0.2, -0.15) is 10.2 Å². The van der Waals surface area contributed by atoms with E-state index in [-0.39, 0.29) is 11.7 Å². The van der Waals surface area contributed by atoms with Gasteiger partial charge in [0.25, 0.3) is 5.91 Å². The van der Waals surface area contributed by atoms with Crippen LogP contribution in [0.2, 0.25) is 5.02 Å². The molecule has 0 aliphatic rings. The maximum Gasteiger partial charge on any atom is 0.271 e. The Balaban J connectivity index is 1.72. The number of hydrazone groups is 1. The smallest absolute Gasteiger partial charge is 0.271 e. The highest BCUT2D eigenvalue weighted by molar-refractivity contribution is 6.32. The van der Waals surface area contributed by atoms with E-state index in [0.717, 1.165) is 0 Å². The van der Waals surface area contributed by atoms with E-state index in [2.05, 4.69) is 20.8 Å². The van der Waals surface area contributed by atoms with Gasteiger partial charge in [0, 0.05) is 11.1 Å². The van der Waals surface area contributed by atoms with Gasteiger partial charge in [0.15, 0.2) is 0 Å². The Labute approximate surface area is 160 Å². The fourth-order valence-electron chi connectivity index (χ4n) is 2.17. The van der Waals surface area contributed by atoms with E-state index in [1.165, 1.54) is 12.3 Å². The van der Waals surface area contributed by atoms with Gasteiger partial charge in [-0.1, -0.05) is 41.9 Å². The molecule has 6 nitrogen and oxygen atoms in total. The molecule has 3 aromatic rings. The Morgan fingerprint density at radius 1 is 0.963 bits per heavy atom. The number of azo groups is 1. The molecule has 1 amide bonds. The number of nitrogens with one attached hydrogen (secondary N) is 1. The van der Waals surface area contributed by atoms with Crippen molar-refractivity contribution in [2.75, 3.05) is 0 Å². The maximum absolute atomic E-state index is 11.9. The minimum atomic E-state index is -0.346. The minimum absolute atomic E-state index is 0.00408. The van der Waals surface area contributed by atoms with E-state index in [1.807, 2.05) is 12.1 Å². The number of phenolic OH excluding ortho intramolecular Hbond substituents is 1. The molecule has 0 saturated heterocycles. The van der Waals surface area contributed by atoms with Crippen LogP contribution < -0.4 is 5.43 Å². The highest BCUT2D eigenvalue weighted by atomic mass is 35.5. The molecule has 0 unspecified atom stereocenters. The number of carbonyl (C=O) groups excluding carboxylic acids is 1. The molecule has 0 fully saturated rings. The Hall–Kier alpha value is -3.51. The third-order valence-electron chi connectivity index (χ3n) is 3.54. The van der Waals surface area contributed by atoms with Crippen LogP contribution in [0.3, 0.4) is 0 Å². The molecule has 0 saturated carbocycles. The van der Waals surface area contributed by atoms with Gasteiger partial charge in [-0.05, 0) is 42.5 Å². The standard InChI is InChI=1S/C20H15ClN4O2/c21-17-8-4-5-9-18(17)24-23-16-10-11-19(26)15(12-16)13-22-25-20(27)14-6-2-1-3-7-14/h1-13,26H,(H,25,27)/b22-13-,24-23?. The zero-order chi connectivity index (χ0) is 19.1. The van der Waals surface area contributed by atoms with Crippen LogP contribution >= 0.6 is 11.6 Å². The summed E-state index contributed by atoms with van der Waals surface area (Å²) in [7, 11) is 0. The summed E-state index contributed by atoms with van der Waals surface area (Å²) >= 11 is 6.04. The lowest BCUT2D eigenvalue weighted by Crippen LogP contribution is -2.17. The van der Waals surface area contributed by atoms with Crippen molar-refractivity contribution in [2.45, 2.75) is 0 Å². The molecule has 0 spiro atoms. The van der Waals surface area contributed by atoms with Crippen LogP contribution in [-0.2, 0) is 0 Å². The number of hydrogen-bond acceptors (Lipinski definition) is 5. The molecule has 0 bridgehead atoms. The first-order chi connectivity index (χ1) is 13.1. The molecular weight excluding hydrogens is 364 g/mol. The number of halogens is 1. The third-order valence-corrected chi connectivity index (χ3v) is 3.86. The fraction of sp³-hybridized carbons (Fsp3) is 0. The summed E-state index contributed by atoms with van der Waals surface area (Å²) in [5.41, 5.74) is 4.33. The lowest BCUT2D eigenvalue weighted by Gasteiger charge is -2.02. The first-order valence-corrected chi connectivity index (χ1v) is 8.39. The van der Waals surface area contributed by atoms with Gasteiger partial charge in [-0.25, -0.2) is 5.43 Å². The number of amides is 1. The van der Waals surface area contributed by atoms with Crippen molar-refractivity contribution in [3.63, 3.8) is 0 Å². The average molecular weight is 379 g/mol. The number of carbonyl (C=O) groups is 1. The maximum atomic E-state index is 11.9. The van der Waals surface area contributed by atoms with Crippen molar-refractivity contribution in [2.24, 2.45) is 15.3 Å². The van der Waals surface area contributed by atoms with Crippen molar-refractivity contribution in [3.8, 4) is 5.75 Å². The van der Waals surface area contributed by atoms with Crippen LogP contribution in [0.25, 0.3) is 0 Å². The normalized spacial score (nSPS) is 11.1. The van der Waals surface area contributed by atoms with Crippen molar-refractivity contribution in [1.29, 1.82) is 0 Å². The van der Waals surface area contributed by atoms with E-state index in [0.29, 0.717) is 27.5 Å². The second-order valence-electron chi connectivity index (χ2n) is 5.46. The van der Waals surface area contributed by atoms with Crippen molar-refractivity contribution in [1.82, 2.24) is 5.43 Å². The molecule has 3 aromatic carbocycles. The number of phenols is 1. The Morgan fingerprint density at radius 2 is 1.70 bits per heavy atom. The van der Waals surface area contributed by atoms with E-state index >= 15 is 0 Å². The SMILES string of the molecule is O=C(N/N=C\c1cc(N=Nc2ccccc2Cl)ccc1O)c1ccccc1. The molecular formula is C20H15ClN4O2. The Morgan fingerprint density at radius 3 is 2.48 bits per heavy atom. The number of rotatable bonds is 5. The first kappa shape index (κ1) is 18.3. The number of hydrogen-bond donors (Lipinski definition) is 2. The van der Waals surface area contributed by atoms with E-state index in [1.54, 1.807) is 54.6 Å². The van der Waals surface area contributed by atoms with Gasteiger partial charge < -0.3 is 5.11 Å². The summed E-state index contributed by atoms with van der Waals surface area (Å²) in [6.45, 7) is 0. The summed E-state index contributed by atoms with van der Waals surface area (Å²) < 4.78 is 0. The molecule has 0 heterocycles. The van der Waals surface area contributed by atoms with Gasteiger partial charge in [-0.15, -0.1) is 5.11 Å². The Bertz CT molecular complexity index is 1000. The van der Waals surface area contributed by atoms with Crippen LogP contribution in [0.5, 0.6) is 5.75 Å². The van der Waals surface area contributed by atoms with Gasteiger partial charge in [0.2, 0.25) is 0 Å². The quantitative estimate of drug-likeness (QED) is 0.362. The average Bonchev–Trinajstić information content (AvgIpc) is 2.70. The summed E-state index contributed by atoms with van der Waals surface area (Å²) in [6.07, 6.45) is 1.34. The fourth-order valence-corrected chi connectivity index (χ4v) is 2.34. The van der Waals surface area contributed by atoms with Gasteiger partial charge in [0.05, 0.1) is 16.9 Å². The first-order valence-electron chi connectivity index (χ1n) is 8.01. The molecule has 27 heavy (non-hydrogen) atoms. The van der Waals surface area contributed by atoms with Crippen LogP contribution in [0.4, 0.5) is 11.4 Å². The molecule has 0 aliphatic heterocycles. The van der Waals surface area contributed by atoms with E-state index in [4.69, 9.17) is 11.6 Å². The topological polar surface area (TPSA) is 86.4 Å². The van der Waals surface area contributed by atoms with Crippen LogP contribution in [0, 0.1) is 0 Å². The van der Waals surface area contributed by atoms with Crippen LogP contribution in [0.15, 0.2) is 88.1 Å². The van der Waals surface area contributed by atoms with Crippen LogP contribution in [0.1, 0.15) is 15.9 Å². The van der Waals surface area contributed by atoms with Crippen molar-refractivity contribution in [3.05, 3.63) is 88.9 Å². The number of benzene rings is 3. The molecule has 0 aliphatic carbocycles. The van der Waals surface area contributed by atoms with Gasteiger partial charge >= 0.3 is 0 Å². The van der Waals surface area contributed by atoms with Crippen molar-refractivity contribution < 1.29 is 9.90 Å². The van der Waals surface area contributed by atoms with E-state index in [9.17, 15) is 9.90 Å². The monoisotopic (exact) mass is 378 g/mol. The summed E-state index contributed by atoms with van der Waals surface area (Å²) in [5, 5.41) is 22.5. The lowest BCUT2D eigenvalue weighted by molar-refractivity contribution is 0.0955. The lowest BCUT2D eigenvalue weighted by atomic mass is 10.2. The molecule has 0 atom stereocenters. The summed E-state index contributed by atoms with van der Waals surface area (Å²) in [4.78, 5) is 11.9. The van der Waals surface area contributed by atoms with Crippen molar-refractivity contribution >= 4 is 35.1 Å². The molecule has 0 radical (unpaired) electrons. The summed E-state index contributed by atoms with van der Waals surface area (Å²) in [5.74, 6) is -0.342. The number of aromatic hydroxyl groups is 1. The largest absolute Gasteiger partial charge is 0.507 e. The third kappa shape index (κ3) is 4.99. The highest BCUT2D eigenvalue weighted by Crippen LogP contribution is 2.27. The second-order valence-corrected chi connectivity index (χ2v) is 5.87. The predicted octanol–water partition coefficient (Wildman–Crippen LogP) is 5.22. The minimum Gasteiger partial charge on any atom is -0.507 e. The molecule has 3 rings (SSSR count). The summed E-state index contributed by atoms with van der Waals surface area (Å²) in [6, 6.07) is 20.5. The second kappa shape index (κ2) is 8.73. The highest BCUT2D eigenvalue weighted by Gasteiger charge is 2.04. The number of nitrogens with zero attached hydrogens (tertiary/aromatic N) is 3. The molecule has 7 heteroatoms. The predicted molar refractivity (Wildman–Crippen MR) is 105 cm³/mol. The zero-order valence-electron chi connectivity index (χ0n) is 14.1. The van der Waals surface area contributed by atoms with Crippen LogP contribution in [-0.4, -0.2) is 17.2 Å². The Kier molecular flexibility index (Phi) is 5.91.